The van der Waals surface area contributed by atoms with Gasteiger partial charge in [-0.3, -0.25) is 4.98 Å². The third-order valence-electron chi connectivity index (χ3n) is 3.65. The van der Waals surface area contributed by atoms with Crippen molar-refractivity contribution in [1.82, 2.24) is 9.97 Å². The minimum atomic E-state index is 0.901. The van der Waals surface area contributed by atoms with E-state index in [-0.39, 0.29) is 0 Å². The molecule has 0 aliphatic rings. The molecule has 2 heterocycles. The molecule has 0 unspecified atom stereocenters. The predicted octanol–water partition coefficient (Wildman–Crippen LogP) is 4.85. The van der Waals surface area contributed by atoms with Crippen LogP contribution in [-0.2, 0) is 5.75 Å². The molecule has 106 valence electrons. The summed E-state index contributed by atoms with van der Waals surface area (Å²) in [6.45, 7) is 6.41. The van der Waals surface area contributed by atoms with Gasteiger partial charge in [0.05, 0.1) is 10.5 Å². The lowest BCUT2D eigenvalue weighted by atomic mass is 10.0. The van der Waals surface area contributed by atoms with Crippen LogP contribution in [-0.4, -0.2) is 9.97 Å². The lowest BCUT2D eigenvalue weighted by Crippen LogP contribution is -1.93. The maximum Gasteiger partial charge on any atom is 0.1000 e. The van der Waals surface area contributed by atoms with Gasteiger partial charge in [-0.2, -0.15) is 0 Å². The minimum Gasteiger partial charge on any atom is -0.264 e. The second-order valence-corrected chi connectivity index (χ2v) is 6.32. The van der Waals surface area contributed by atoms with E-state index in [0.717, 1.165) is 16.3 Å². The number of thioether (sulfide) groups is 1. The van der Waals surface area contributed by atoms with Crippen LogP contribution < -0.4 is 0 Å². The topological polar surface area (TPSA) is 25.8 Å². The normalized spacial score (nSPS) is 11.0. The molecule has 0 spiro atoms. The van der Waals surface area contributed by atoms with E-state index in [1.165, 1.54) is 27.6 Å². The molecule has 0 N–H and O–H groups in total. The average Bonchev–Trinajstić information content (AvgIpc) is 2.50. The SMILES string of the molecule is Cc1cc2c(C)ccc(C)c2nc1SCc1cccnc1. The summed E-state index contributed by atoms with van der Waals surface area (Å²) in [5.74, 6) is 0.901. The van der Waals surface area contributed by atoms with Crippen LogP contribution in [0.25, 0.3) is 10.9 Å². The monoisotopic (exact) mass is 294 g/mol. The van der Waals surface area contributed by atoms with Gasteiger partial charge in [0.15, 0.2) is 0 Å². The summed E-state index contributed by atoms with van der Waals surface area (Å²) < 4.78 is 0. The molecule has 0 saturated carbocycles. The van der Waals surface area contributed by atoms with Crippen molar-refractivity contribution < 1.29 is 0 Å². The molecule has 3 aromatic rings. The van der Waals surface area contributed by atoms with Gasteiger partial charge >= 0.3 is 0 Å². The lowest BCUT2D eigenvalue weighted by Gasteiger charge is -2.10. The molecule has 2 nitrogen and oxygen atoms in total. The Bertz CT molecular complexity index is 782. The van der Waals surface area contributed by atoms with Gasteiger partial charge in [-0.05, 0) is 55.2 Å². The molecular weight excluding hydrogens is 276 g/mol. The first kappa shape index (κ1) is 14.1. The summed E-state index contributed by atoms with van der Waals surface area (Å²) in [5, 5.41) is 2.37. The highest BCUT2D eigenvalue weighted by Gasteiger charge is 2.08. The summed E-state index contributed by atoms with van der Waals surface area (Å²) in [6.07, 6.45) is 3.72. The molecule has 21 heavy (non-hydrogen) atoms. The molecule has 2 aromatic heterocycles. The first-order chi connectivity index (χ1) is 10.1. The highest BCUT2D eigenvalue weighted by molar-refractivity contribution is 7.98. The Morgan fingerprint density at radius 3 is 2.57 bits per heavy atom. The van der Waals surface area contributed by atoms with Gasteiger partial charge in [-0.15, -0.1) is 11.8 Å². The number of hydrogen-bond acceptors (Lipinski definition) is 3. The van der Waals surface area contributed by atoms with E-state index in [4.69, 9.17) is 4.98 Å². The van der Waals surface area contributed by atoms with Crippen LogP contribution in [0.5, 0.6) is 0 Å². The van der Waals surface area contributed by atoms with Crippen LogP contribution >= 0.6 is 11.8 Å². The van der Waals surface area contributed by atoms with Crippen molar-refractivity contribution >= 4 is 22.7 Å². The molecule has 1 aromatic carbocycles. The van der Waals surface area contributed by atoms with Gasteiger partial charge in [-0.1, -0.05) is 18.2 Å². The van der Waals surface area contributed by atoms with Gasteiger partial charge in [-0.25, -0.2) is 4.98 Å². The zero-order chi connectivity index (χ0) is 14.8. The van der Waals surface area contributed by atoms with Gasteiger partial charge in [0, 0.05) is 23.5 Å². The van der Waals surface area contributed by atoms with Gasteiger partial charge in [0.25, 0.3) is 0 Å². The van der Waals surface area contributed by atoms with Crippen molar-refractivity contribution in [2.45, 2.75) is 31.6 Å². The fourth-order valence-corrected chi connectivity index (χ4v) is 3.31. The zero-order valence-electron chi connectivity index (χ0n) is 12.6. The molecule has 0 atom stereocenters. The van der Waals surface area contributed by atoms with Crippen LogP contribution in [0.4, 0.5) is 0 Å². The largest absolute Gasteiger partial charge is 0.264 e. The first-order valence-electron chi connectivity index (χ1n) is 7.04. The van der Waals surface area contributed by atoms with E-state index in [0.29, 0.717) is 0 Å². The Labute approximate surface area is 129 Å². The van der Waals surface area contributed by atoms with Gasteiger partial charge in [0.1, 0.15) is 0 Å². The number of nitrogens with zero attached hydrogens (tertiary/aromatic N) is 2. The second kappa shape index (κ2) is 5.86. The van der Waals surface area contributed by atoms with Crippen LogP contribution in [0.2, 0.25) is 0 Å². The van der Waals surface area contributed by atoms with Gasteiger partial charge < -0.3 is 0 Å². The Morgan fingerprint density at radius 2 is 1.81 bits per heavy atom. The molecule has 0 aliphatic carbocycles. The number of aryl methyl sites for hydroxylation is 3. The highest BCUT2D eigenvalue weighted by Crippen LogP contribution is 2.29. The average molecular weight is 294 g/mol. The summed E-state index contributed by atoms with van der Waals surface area (Å²) in [7, 11) is 0. The van der Waals surface area contributed by atoms with Crippen LogP contribution in [0.3, 0.4) is 0 Å². The molecule has 0 amide bonds. The molecule has 0 bridgehead atoms. The Kier molecular flexibility index (Phi) is 3.93. The molecule has 3 heteroatoms. The van der Waals surface area contributed by atoms with E-state index < -0.39 is 0 Å². The zero-order valence-corrected chi connectivity index (χ0v) is 13.4. The molecule has 0 aliphatic heterocycles. The Balaban J connectivity index is 1.96. The quantitative estimate of drug-likeness (QED) is 0.646. The third kappa shape index (κ3) is 2.93. The van der Waals surface area contributed by atoms with Crippen LogP contribution in [0, 0.1) is 20.8 Å². The van der Waals surface area contributed by atoms with Crippen LogP contribution in [0.1, 0.15) is 22.3 Å². The number of hydrogen-bond donors (Lipinski definition) is 0. The third-order valence-corrected chi connectivity index (χ3v) is 4.81. The molecule has 0 fully saturated rings. The van der Waals surface area contributed by atoms with Crippen molar-refractivity contribution in [3.63, 3.8) is 0 Å². The number of pyridine rings is 2. The highest BCUT2D eigenvalue weighted by atomic mass is 32.2. The number of fused-ring (bicyclic) bond motifs is 1. The maximum atomic E-state index is 4.89. The summed E-state index contributed by atoms with van der Waals surface area (Å²) >= 11 is 1.78. The van der Waals surface area contributed by atoms with Crippen molar-refractivity contribution in [2.24, 2.45) is 0 Å². The number of aromatic nitrogens is 2. The summed E-state index contributed by atoms with van der Waals surface area (Å²) in [5.41, 5.74) is 6.11. The van der Waals surface area contributed by atoms with Crippen molar-refractivity contribution in [3.05, 3.63) is 65.0 Å². The minimum absolute atomic E-state index is 0.901. The van der Waals surface area contributed by atoms with E-state index in [2.05, 4.69) is 50.0 Å². The van der Waals surface area contributed by atoms with E-state index >= 15 is 0 Å². The van der Waals surface area contributed by atoms with Crippen molar-refractivity contribution in [3.8, 4) is 0 Å². The van der Waals surface area contributed by atoms with E-state index in [9.17, 15) is 0 Å². The lowest BCUT2D eigenvalue weighted by molar-refractivity contribution is 1.11. The maximum absolute atomic E-state index is 4.89. The molecular formula is C18H18N2S. The molecule has 0 radical (unpaired) electrons. The standard InChI is InChI=1S/C18H18N2S/c1-12-6-7-13(2)17-16(12)9-14(3)18(20-17)21-11-15-5-4-8-19-10-15/h4-10H,11H2,1-3H3. The Morgan fingerprint density at radius 1 is 1.00 bits per heavy atom. The predicted molar refractivity (Wildman–Crippen MR) is 89.8 cm³/mol. The van der Waals surface area contributed by atoms with E-state index in [1.54, 1.807) is 18.0 Å². The fraction of sp³-hybridized carbons (Fsp3) is 0.222. The van der Waals surface area contributed by atoms with E-state index in [1.807, 2.05) is 12.3 Å². The van der Waals surface area contributed by atoms with Crippen molar-refractivity contribution in [1.29, 1.82) is 0 Å². The summed E-state index contributed by atoms with van der Waals surface area (Å²) in [6, 6.07) is 10.7. The Hall–Kier alpha value is -1.87. The second-order valence-electron chi connectivity index (χ2n) is 5.36. The number of rotatable bonds is 3. The summed E-state index contributed by atoms with van der Waals surface area (Å²) in [4.78, 5) is 9.05. The van der Waals surface area contributed by atoms with Crippen molar-refractivity contribution in [2.75, 3.05) is 0 Å². The molecule has 0 saturated heterocycles. The first-order valence-corrected chi connectivity index (χ1v) is 8.03. The van der Waals surface area contributed by atoms with Gasteiger partial charge in [0.2, 0.25) is 0 Å². The fourth-order valence-electron chi connectivity index (χ4n) is 2.40. The smallest absolute Gasteiger partial charge is 0.1000 e. The van der Waals surface area contributed by atoms with Crippen LogP contribution in [0.15, 0.2) is 47.8 Å². The molecule has 3 rings (SSSR count). The number of benzene rings is 1.